The minimum Gasteiger partial charge on any atom is -0.297 e. The van der Waals surface area contributed by atoms with Crippen LogP contribution in [0.25, 0.3) is 17.3 Å². The normalized spacial score (nSPS) is 12.0. The van der Waals surface area contributed by atoms with E-state index in [2.05, 4.69) is 44.9 Å². The van der Waals surface area contributed by atoms with Crippen LogP contribution in [0.5, 0.6) is 0 Å². The van der Waals surface area contributed by atoms with Crippen molar-refractivity contribution in [3.8, 4) is 17.3 Å². The van der Waals surface area contributed by atoms with Crippen LogP contribution in [-0.4, -0.2) is 15.9 Å². The number of pyridine rings is 1. The molecule has 5 nitrogen and oxygen atoms in total. The summed E-state index contributed by atoms with van der Waals surface area (Å²) in [6, 6.07) is 15.6. The maximum atomic E-state index is 12.7. The van der Waals surface area contributed by atoms with Gasteiger partial charge in [0.25, 0.3) is 5.91 Å². The predicted molar refractivity (Wildman–Crippen MR) is 127 cm³/mol. The van der Waals surface area contributed by atoms with Crippen molar-refractivity contribution in [3.05, 3.63) is 70.4 Å². The lowest BCUT2D eigenvalue weighted by Crippen LogP contribution is -2.16. The summed E-state index contributed by atoms with van der Waals surface area (Å²) < 4.78 is 0. The highest BCUT2D eigenvalue weighted by Crippen LogP contribution is 2.27. The molecule has 2 aromatic heterocycles. The van der Waals surface area contributed by atoms with Gasteiger partial charge in [0.2, 0.25) is 0 Å². The lowest BCUT2D eigenvalue weighted by molar-refractivity contribution is -0.112. The second-order valence-electron chi connectivity index (χ2n) is 8.64. The lowest BCUT2D eigenvalue weighted by atomic mass is 9.89. The number of rotatable bonds is 5. The van der Waals surface area contributed by atoms with E-state index in [1.807, 2.05) is 53.9 Å². The van der Waals surface area contributed by atoms with Gasteiger partial charge in [-0.25, -0.2) is 4.98 Å². The number of thiazole rings is 1. The predicted octanol–water partition coefficient (Wildman–Crippen LogP) is 6.17. The Morgan fingerprint density at radius 1 is 1.16 bits per heavy atom. The first-order valence-electron chi connectivity index (χ1n) is 10.1. The van der Waals surface area contributed by atoms with Crippen LogP contribution in [0, 0.1) is 11.3 Å². The summed E-state index contributed by atoms with van der Waals surface area (Å²) in [6.45, 7) is 10.4. The summed E-state index contributed by atoms with van der Waals surface area (Å²) in [7, 11) is 0. The molecular formula is C25H26N4OS. The molecular weight excluding hydrogens is 404 g/mol. The van der Waals surface area contributed by atoms with Crippen LogP contribution >= 0.6 is 11.3 Å². The molecule has 0 aliphatic rings. The number of carbonyl (C=O) groups excluding carboxylic acids is 1. The molecule has 2 heterocycles. The summed E-state index contributed by atoms with van der Waals surface area (Å²) >= 11 is 1.33. The van der Waals surface area contributed by atoms with Gasteiger partial charge in [0.15, 0.2) is 5.13 Å². The van der Waals surface area contributed by atoms with Crippen molar-refractivity contribution in [1.82, 2.24) is 9.97 Å². The molecule has 0 unspecified atom stereocenters. The van der Waals surface area contributed by atoms with Crippen molar-refractivity contribution in [2.75, 3.05) is 5.32 Å². The number of anilines is 1. The quantitative estimate of drug-likeness (QED) is 0.388. The van der Waals surface area contributed by atoms with Gasteiger partial charge in [0, 0.05) is 27.7 Å². The van der Waals surface area contributed by atoms with Gasteiger partial charge in [-0.1, -0.05) is 65.0 Å². The molecule has 1 N–H and O–H groups in total. The number of nitrogens with one attached hydrogen (secondary N) is 1. The molecule has 3 aromatic rings. The number of nitriles is 1. The van der Waals surface area contributed by atoms with Gasteiger partial charge in [-0.3, -0.25) is 15.1 Å². The van der Waals surface area contributed by atoms with Crippen molar-refractivity contribution in [1.29, 1.82) is 5.26 Å². The average molecular weight is 431 g/mol. The Bertz CT molecular complexity index is 1150. The molecule has 0 atom stereocenters. The molecule has 0 bridgehead atoms. The first-order valence-corrected chi connectivity index (χ1v) is 11.0. The van der Waals surface area contributed by atoms with Gasteiger partial charge in [-0.2, -0.15) is 5.26 Å². The van der Waals surface area contributed by atoms with Gasteiger partial charge in [0.05, 0.1) is 5.69 Å². The SMILES string of the molecule is CC(C)c1cc(/C=C(\C#N)C(=O)Nc2nc(-c3ccccc3)cs2)cc(C(C)(C)C)n1. The number of aromatic nitrogens is 2. The van der Waals surface area contributed by atoms with Crippen molar-refractivity contribution in [2.45, 2.75) is 46.0 Å². The fraction of sp³-hybridized carbons (Fsp3) is 0.280. The fourth-order valence-electron chi connectivity index (χ4n) is 2.89. The van der Waals surface area contributed by atoms with E-state index in [1.165, 1.54) is 11.3 Å². The highest BCUT2D eigenvalue weighted by atomic mass is 32.1. The average Bonchev–Trinajstić information content (AvgIpc) is 3.20. The zero-order valence-electron chi connectivity index (χ0n) is 18.4. The number of carbonyl (C=O) groups is 1. The van der Waals surface area contributed by atoms with Crippen LogP contribution in [0.3, 0.4) is 0 Å². The second-order valence-corrected chi connectivity index (χ2v) is 9.50. The molecule has 0 aliphatic heterocycles. The summed E-state index contributed by atoms with van der Waals surface area (Å²) in [5.41, 5.74) is 4.30. The van der Waals surface area contributed by atoms with Gasteiger partial charge in [-0.15, -0.1) is 11.3 Å². The monoisotopic (exact) mass is 430 g/mol. The molecule has 158 valence electrons. The number of benzene rings is 1. The van der Waals surface area contributed by atoms with E-state index >= 15 is 0 Å². The largest absolute Gasteiger partial charge is 0.297 e. The van der Waals surface area contributed by atoms with Crippen LogP contribution in [0.15, 0.2) is 53.4 Å². The summed E-state index contributed by atoms with van der Waals surface area (Å²) in [4.78, 5) is 22.0. The maximum absolute atomic E-state index is 12.7. The second kappa shape index (κ2) is 9.23. The van der Waals surface area contributed by atoms with Crippen molar-refractivity contribution >= 4 is 28.5 Å². The molecule has 0 saturated carbocycles. The molecule has 0 fully saturated rings. The highest BCUT2D eigenvalue weighted by molar-refractivity contribution is 7.14. The molecule has 6 heteroatoms. The first kappa shape index (κ1) is 22.4. The minimum absolute atomic E-state index is 0.0252. The summed E-state index contributed by atoms with van der Waals surface area (Å²) in [5, 5.41) is 14.7. The number of hydrogen-bond acceptors (Lipinski definition) is 5. The molecule has 0 aliphatic carbocycles. The standard InChI is InChI=1S/C25H26N4OS/c1-16(2)20-12-17(13-22(27-20)25(3,4)5)11-19(14-26)23(30)29-24-28-21(15-31-24)18-9-7-6-8-10-18/h6-13,15-16H,1-5H3,(H,28,29,30)/b19-11+. The third-order valence-electron chi connectivity index (χ3n) is 4.70. The molecule has 0 spiro atoms. The Morgan fingerprint density at radius 3 is 2.48 bits per heavy atom. The van der Waals surface area contributed by atoms with E-state index in [4.69, 9.17) is 4.98 Å². The summed E-state index contributed by atoms with van der Waals surface area (Å²) in [6.07, 6.45) is 1.61. The molecule has 3 rings (SSSR count). The zero-order chi connectivity index (χ0) is 22.6. The van der Waals surface area contributed by atoms with Crippen LogP contribution in [0.2, 0.25) is 0 Å². The van der Waals surface area contributed by atoms with Crippen LogP contribution in [0.4, 0.5) is 5.13 Å². The number of amides is 1. The van der Waals surface area contributed by atoms with E-state index in [9.17, 15) is 10.1 Å². The molecule has 0 saturated heterocycles. The maximum Gasteiger partial charge on any atom is 0.268 e. The van der Waals surface area contributed by atoms with Crippen LogP contribution in [0.1, 0.15) is 57.5 Å². The smallest absolute Gasteiger partial charge is 0.268 e. The van der Waals surface area contributed by atoms with Crippen LogP contribution < -0.4 is 5.32 Å². The van der Waals surface area contributed by atoms with Crippen molar-refractivity contribution < 1.29 is 4.79 Å². The van der Waals surface area contributed by atoms with E-state index in [0.717, 1.165) is 28.2 Å². The van der Waals surface area contributed by atoms with Crippen molar-refractivity contribution in [2.24, 2.45) is 0 Å². The lowest BCUT2D eigenvalue weighted by Gasteiger charge is -2.20. The van der Waals surface area contributed by atoms with Crippen molar-refractivity contribution in [3.63, 3.8) is 0 Å². The van der Waals surface area contributed by atoms with E-state index in [-0.39, 0.29) is 16.9 Å². The van der Waals surface area contributed by atoms with Crippen LogP contribution in [-0.2, 0) is 10.2 Å². The Kier molecular flexibility index (Phi) is 6.67. The molecule has 0 radical (unpaired) electrons. The molecule has 1 aromatic carbocycles. The fourth-order valence-corrected chi connectivity index (χ4v) is 3.60. The minimum atomic E-state index is -0.475. The number of hydrogen-bond donors (Lipinski definition) is 1. The van der Waals surface area contributed by atoms with Gasteiger partial charge in [-0.05, 0) is 29.7 Å². The third-order valence-corrected chi connectivity index (χ3v) is 5.46. The Hall–Kier alpha value is -3.30. The Morgan fingerprint density at radius 2 is 1.87 bits per heavy atom. The van der Waals surface area contributed by atoms with E-state index in [0.29, 0.717) is 5.13 Å². The first-order chi connectivity index (χ1) is 14.7. The zero-order valence-corrected chi connectivity index (χ0v) is 19.2. The van der Waals surface area contributed by atoms with E-state index < -0.39 is 5.91 Å². The highest BCUT2D eigenvalue weighted by Gasteiger charge is 2.19. The molecule has 1 amide bonds. The third kappa shape index (κ3) is 5.65. The Labute approximate surface area is 187 Å². The van der Waals surface area contributed by atoms with E-state index in [1.54, 1.807) is 6.08 Å². The van der Waals surface area contributed by atoms with Gasteiger partial charge >= 0.3 is 0 Å². The van der Waals surface area contributed by atoms with Gasteiger partial charge in [0.1, 0.15) is 11.6 Å². The number of nitrogens with zero attached hydrogens (tertiary/aromatic N) is 3. The Balaban J connectivity index is 1.87. The summed E-state index contributed by atoms with van der Waals surface area (Å²) in [5.74, 6) is -0.239. The van der Waals surface area contributed by atoms with Gasteiger partial charge < -0.3 is 0 Å². The topological polar surface area (TPSA) is 78.7 Å². The molecule has 31 heavy (non-hydrogen) atoms.